The van der Waals surface area contributed by atoms with Gasteiger partial charge in [0.2, 0.25) is 0 Å². The van der Waals surface area contributed by atoms with Gasteiger partial charge in [0.05, 0.1) is 6.61 Å². The van der Waals surface area contributed by atoms with Crippen LogP contribution in [-0.4, -0.2) is 32.4 Å². The SMILES string of the molecule is C=CC(C)(COCC[Si](C)(C)C)C(=O)O. The number of aliphatic carboxylic acids is 1. The van der Waals surface area contributed by atoms with Crippen LogP contribution in [0.4, 0.5) is 0 Å². The summed E-state index contributed by atoms with van der Waals surface area (Å²) in [5.74, 6) is -0.884. The van der Waals surface area contributed by atoms with Crippen molar-refractivity contribution in [3.63, 3.8) is 0 Å². The van der Waals surface area contributed by atoms with Crippen molar-refractivity contribution < 1.29 is 14.6 Å². The lowest BCUT2D eigenvalue weighted by molar-refractivity contribution is -0.148. The molecule has 0 aromatic carbocycles. The Kier molecular flexibility index (Phi) is 5.24. The van der Waals surface area contributed by atoms with Gasteiger partial charge < -0.3 is 9.84 Å². The highest BCUT2D eigenvalue weighted by molar-refractivity contribution is 6.76. The Hall–Kier alpha value is -0.613. The summed E-state index contributed by atoms with van der Waals surface area (Å²) in [4.78, 5) is 10.9. The molecule has 0 heterocycles. The topological polar surface area (TPSA) is 46.5 Å². The second-order valence-electron chi connectivity index (χ2n) is 5.29. The third kappa shape index (κ3) is 5.74. The van der Waals surface area contributed by atoms with Crippen LogP contribution in [0.3, 0.4) is 0 Å². The summed E-state index contributed by atoms with van der Waals surface area (Å²) in [5, 5.41) is 8.95. The summed E-state index contributed by atoms with van der Waals surface area (Å²) < 4.78 is 5.41. The van der Waals surface area contributed by atoms with E-state index in [1.807, 2.05) is 0 Å². The van der Waals surface area contributed by atoms with Crippen LogP contribution >= 0.6 is 0 Å². The standard InChI is InChI=1S/C11H22O3Si/c1-6-11(2,10(12)13)9-14-7-8-15(3,4)5/h6H,1,7-9H2,2-5H3,(H,12,13). The normalized spacial score (nSPS) is 15.7. The van der Waals surface area contributed by atoms with Gasteiger partial charge in [0.15, 0.2) is 0 Å². The quantitative estimate of drug-likeness (QED) is 0.415. The van der Waals surface area contributed by atoms with E-state index in [9.17, 15) is 4.79 Å². The highest BCUT2D eigenvalue weighted by Gasteiger charge is 2.29. The Labute approximate surface area is 93.1 Å². The predicted molar refractivity (Wildman–Crippen MR) is 64.9 cm³/mol. The first-order valence-corrected chi connectivity index (χ1v) is 8.87. The minimum Gasteiger partial charge on any atom is -0.481 e. The van der Waals surface area contributed by atoms with E-state index in [2.05, 4.69) is 26.2 Å². The molecule has 1 unspecified atom stereocenters. The van der Waals surface area contributed by atoms with Crippen molar-refractivity contribution in [1.29, 1.82) is 0 Å². The van der Waals surface area contributed by atoms with Gasteiger partial charge in [0, 0.05) is 14.7 Å². The molecular formula is C11H22O3Si. The van der Waals surface area contributed by atoms with Gasteiger partial charge in [-0.3, -0.25) is 4.79 Å². The van der Waals surface area contributed by atoms with Gasteiger partial charge in [0.25, 0.3) is 0 Å². The minimum absolute atomic E-state index is 0.205. The molecule has 0 fully saturated rings. The molecule has 15 heavy (non-hydrogen) atoms. The van der Waals surface area contributed by atoms with Gasteiger partial charge in [-0.25, -0.2) is 0 Å². The highest BCUT2D eigenvalue weighted by Crippen LogP contribution is 2.19. The van der Waals surface area contributed by atoms with E-state index < -0.39 is 19.5 Å². The van der Waals surface area contributed by atoms with Gasteiger partial charge in [-0.1, -0.05) is 25.7 Å². The molecule has 0 rings (SSSR count). The van der Waals surface area contributed by atoms with Crippen LogP contribution < -0.4 is 0 Å². The lowest BCUT2D eigenvalue weighted by Gasteiger charge is -2.21. The molecule has 0 bridgehead atoms. The van der Waals surface area contributed by atoms with E-state index in [0.29, 0.717) is 6.61 Å². The molecule has 0 saturated carbocycles. The Bertz CT molecular complexity index is 232. The van der Waals surface area contributed by atoms with Crippen LogP contribution in [0.2, 0.25) is 25.7 Å². The average molecular weight is 230 g/mol. The second-order valence-corrected chi connectivity index (χ2v) is 10.9. The number of rotatable bonds is 7. The number of ether oxygens (including phenoxy) is 1. The van der Waals surface area contributed by atoms with Crippen molar-refractivity contribution in [3.8, 4) is 0 Å². The molecule has 0 amide bonds. The number of carboxylic acids is 1. The van der Waals surface area contributed by atoms with Gasteiger partial charge in [0.1, 0.15) is 5.41 Å². The van der Waals surface area contributed by atoms with Crippen LogP contribution in [0.25, 0.3) is 0 Å². The zero-order valence-electron chi connectivity index (χ0n) is 10.2. The molecule has 3 nitrogen and oxygen atoms in total. The fourth-order valence-electron chi connectivity index (χ4n) is 0.871. The maximum Gasteiger partial charge on any atom is 0.315 e. The molecule has 0 radical (unpaired) electrons. The molecular weight excluding hydrogens is 208 g/mol. The Morgan fingerprint density at radius 2 is 2.07 bits per heavy atom. The van der Waals surface area contributed by atoms with E-state index >= 15 is 0 Å². The fraction of sp³-hybridized carbons (Fsp3) is 0.727. The molecule has 0 aliphatic rings. The molecule has 1 N–H and O–H groups in total. The van der Waals surface area contributed by atoms with E-state index in [4.69, 9.17) is 9.84 Å². The molecule has 0 spiro atoms. The van der Waals surface area contributed by atoms with Crippen molar-refractivity contribution in [2.75, 3.05) is 13.2 Å². The zero-order chi connectivity index (χ0) is 12.1. The second kappa shape index (κ2) is 5.46. The molecule has 0 aromatic rings. The molecule has 0 saturated heterocycles. The summed E-state index contributed by atoms with van der Waals surface area (Å²) in [6.45, 7) is 12.8. The maximum absolute atomic E-state index is 10.9. The van der Waals surface area contributed by atoms with Crippen molar-refractivity contribution >= 4 is 14.0 Å². The van der Waals surface area contributed by atoms with E-state index in [1.54, 1.807) is 6.92 Å². The lowest BCUT2D eigenvalue weighted by Crippen LogP contribution is -2.31. The lowest BCUT2D eigenvalue weighted by atomic mass is 9.92. The van der Waals surface area contributed by atoms with Gasteiger partial charge >= 0.3 is 5.97 Å². The Morgan fingerprint density at radius 3 is 2.40 bits per heavy atom. The first kappa shape index (κ1) is 14.4. The van der Waals surface area contributed by atoms with Crippen LogP contribution in [0.5, 0.6) is 0 Å². The van der Waals surface area contributed by atoms with Crippen LogP contribution in [-0.2, 0) is 9.53 Å². The highest BCUT2D eigenvalue weighted by atomic mass is 28.3. The fourth-order valence-corrected chi connectivity index (χ4v) is 1.63. The summed E-state index contributed by atoms with van der Waals surface area (Å²) in [6, 6.07) is 1.06. The van der Waals surface area contributed by atoms with E-state index in [1.165, 1.54) is 6.08 Å². The van der Waals surface area contributed by atoms with Crippen molar-refractivity contribution in [2.45, 2.75) is 32.6 Å². The summed E-state index contributed by atoms with van der Waals surface area (Å²) in [5.41, 5.74) is -0.959. The van der Waals surface area contributed by atoms with Crippen molar-refractivity contribution in [3.05, 3.63) is 12.7 Å². The third-order valence-corrected chi connectivity index (χ3v) is 4.04. The molecule has 0 aliphatic carbocycles. The van der Waals surface area contributed by atoms with Crippen LogP contribution in [0.1, 0.15) is 6.92 Å². The summed E-state index contributed by atoms with van der Waals surface area (Å²) in [6.07, 6.45) is 1.43. The average Bonchev–Trinajstić information content (AvgIpc) is 2.10. The van der Waals surface area contributed by atoms with Gasteiger partial charge in [-0.05, 0) is 13.0 Å². The van der Waals surface area contributed by atoms with Crippen LogP contribution in [0, 0.1) is 5.41 Å². The molecule has 88 valence electrons. The predicted octanol–water partition coefficient (Wildman–Crippen LogP) is 2.62. The Balaban J connectivity index is 3.94. The summed E-state index contributed by atoms with van der Waals surface area (Å²) in [7, 11) is -1.09. The largest absolute Gasteiger partial charge is 0.481 e. The van der Waals surface area contributed by atoms with Gasteiger partial charge in [-0.2, -0.15) is 0 Å². The number of carbonyl (C=O) groups is 1. The van der Waals surface area contributed by atoms with Gasteiger partial charge in [-0.15, -0.1) is 6.58 Å². The first-order chi connectivity index (χ1) is 6.71. The van der Waals surface area contributed by atoms with Crippen molar-refractivity contribution in [1.82, 2.24) is 0 Å². The monoisotopic (exact) mass is 230 g/mol. The molecule has 1 atom stereocenters. The maximum atomic E-state index is 10.9. The van der Waals surface area contributed by atoms with Crippen LogP contribution in [0.15, 0.2) is 12.7 Å². The smallest absolute Gasteiger partial charge is 0.315 e. The number of hydrogen-bond donors (Lipinski definition) is 1. The van der Waals surface area contributed by atoms with E-state index in [0.717, 1.165) is 6.04 Å². The number of carboxylic acid groups (broad SMARTS) is 1. The minimum atomic E-state index is -1.09. The molecule has 0 aromatic heterocycles. The molecule has 0 aliphatic heterocycles. The number of hydrogen-bond acceptors (Lipinski definition) is 2. The third-order valence-electron chi connectivity index (χ3n) is 2.34. The summed E-state index contributed by atoms with van der Waals surface area (Å²) >= 11 is 0. The zero-order valence-corrected chi connectivity index (χ0v) is 11.2. The first-order valence-electron chi connectivity index (χ1n) is 5.16. The molecule has 4 heteroatoms. The van der Waals surface area contributed by atoms with Crippen molar-refractivity contribution in [2.24, 2.45) is 5.41 Å². The van der Waals surface area contributed by atoms with E-state index in [-0.39, 0.29) is 6.61 Å². The Morgan fingerprint density at radius 1 is 1.53 bits per heavy atom.